The quantitative estimate of drug-likeness (QED) is 0.826. The van der Waals surface area contributed by atoms with Gasteiger partial charge in [0.25, 0.3) is 0 Å². The van der Waals surface area contributed by atoms with E-state index in [1.54, 1.807) is 0 Å². The second-order valence-electron chi connectivity index (χ2n) is 5.31. The molecule has 4 nitrogen and oxygen atoms in total. The molecule has 2 rings (SSSR count). The number of nitrogens with one attached hydrogen (secondary N) is 1. The maximum absolute atomic E-state index is 5.61. The summed E-state index contributed by atoms with van der Waals surface area (Å²) in [5, 5.41) is 11.4. The normalized spacial score (nSPS) is 17.1. The summed E-state index contributed by atoms with van der Waals surface area (Å²) in [4.78, 5) is 0. The molecular formula is C13H23N3O. The summed E-state index contributed by atoms with van der Waals surface area (Å²) in [5.41, 5.74) is 0. The Labute approximate surface area is 103 Å². The third kappa shape index (κ3) is 4.11. The van der Waals surface area contributed by atoms with Crippen LogP contribution in [0.3, 0.4) is 0 Å². The Morgan fingerprint density at radius 2 is 1.94 bits per heavy atom. The maximum atomic E-state index is 5.61. The average molecular weight is 237 g/mol. The van der Waals surface area contributed by atoms with Crippen LogP contribution in [0, 0.1) is 5.92 Å². The van der Waals surface area contributed by atoms with Gasteiger partial charge in [0.2, 0.25) is 11.8 Å². The Balaban J connectivity index is 1.73. The fraction of sp³-hybridized carbons (Fsp3) is 0.846. The minimum Gasteiger partial charge on any atom is -0.424 e. The van der Waals surface area contributed by atoms with Crippen LogP contribution in [0.2, 0.25) is 0 Å². The summed E-state index contributed by atoms with van der Waals surface area (Å²) in [6.45, 7) is 4.89. The van der Waals surface area contributed by atoms with Crippen LogP contribution >= 0.6 is 0 Å². The fourth-order valence-corrected chi connectivity index (χ4v) is 2.38. The fourth-order valence-electron chi connectivity index (χ4n) is 2.38. The molecule has 0 spiro atoms. The first-order valence-corrected chi connectivity index (χ1v) is 6.78. The van der Waals surface area contributed by atoms with E-state index >= 15 is 0 Å². The van der Waals surface area contributed by atoms with Gasteiger partial charge in [-0.2, -0.15) is 0 Å². The molecule has 0 saturated heterocycles. The molecule has 96 valence electrons. The summed E-state index contributed by atoms with van der Waals surface area (Å²) < 4.78 is 5.61. The first-order valence-electron chi connectivity index (χ1n) is 6.78. The highest BCUT2D eigenvalue weighted by Gasteiger charge is 2.16. The van der Waals surface area contributed by atoms with Gasteiger partial charge in [-0.25, -0.2) is 0 Å². The molecule has 0 aliphatic heterocycles. The monoisotopic (exact) mass is 237 g/mol. The highest BCUT2D eigenvalue weighted by molar-refractivity contribution is 4.83. The molecule has 17 heavy (non-hydrogen) atoms. The zero-order valence-electron chi connectivity index (χ0n) is 10.9. The van der Waals surface area contributed by atoms with Crippen molar-refractivity contribution in [3.05, 3.63) is 11.8 Å². The van der Waals surface area contributed by atoms with Crippen molar-refractivity contribution >= 4 is 0 Å². The predicted octanol–water partition coefficient (Wildman–Crippen LogP) is 2.69. The van der Waals surface area contributed by atoms with Crippen molar-refractivity contribution < 1.29 is 4.42 Å². The van der Waals surface area contributed by atoms with E-state index in [4.69, 9.17) is 4.42 Å². The van der Waals surface area contributed by atoms with Crippen molar-refractivity contribution in [2.24, 2.45) is 5.92 Å². The predicted molar refractivity (Wildman–Crippen MR) is 66.6 cm³/mol. The molecule has 0 unspecified atom stereocenters. The van der Waals surface area contributed by atoms with E-state index in [9.17, 15) is 0 Å². The zero-order chi connectivity index (χ0) is 12.1. The Bertz CT molecular complexity index is 329. The standard InChI is InChI=1S/C13H23N3O/c1-10(2)14-9-13-16-15-12(17-13)8-7-11-5-3-4-6-11/h10-11,14H,3-9H2,1-2H3. The van der Waals surface area contributed by atoms with Gasteiger partial charge in [-0.1, -0.05) is 39.5 Å². The lowest BCUT2D eigenvalue weighted by molar-refractivity contribution is 0.400. The number of aryl methyl sites for hydroxylation is 1. The number of hydrogen-bond donors (Lipinski definition) is 1. The topological polar surface area (TPSA) is 51.0 Å². The molecule has 0 radical (unpaired) electrons. The molecule has 0 amide bonds. The second-order valence-corrected chi connectivity index (χ2v) is 5.31. The third-order valence-electron chi connectivity index (χ3n) is 3.41. The van der Waals surface area contributed by atoms with Gasteiger partial charge in [-0.3, -0.25) is 0 Å². The zero-order valence-corrected chi connectivity index (χ0v) is 10.9. The molecule has 1 heterocycles. The third-order valence-corrected chi connectivity index (χ3v) is 3.41. The van der Waals surface area contributed by atoms with Crippen LogP contribution in [0.4, 0.5) is 0 Å². The van der Waals surface area contributed by atoms with Crippen LogP contribution < -0.4 is 5.32 Å². The second kappa shape index (κ2) is 6.15. The molecule has 0 bridgehead atoms. The lowest BCUT2D eigenvalue weighted by atomic mass is 10.0. The van der Waals surface area contributed by atoms with Gasteiger partial charge >= 0.3 is 0 Å². The van der Waals surface area contributed by atoms with Crippen molar-refractivity contribution in [2.75, 3.05) is 0 Å². The van der Waals surface area contributed by atoms with Gasteiger partial charge in [0, 0.05) is 12.5 Å². The molecule has 4 heteroatoms. The Morgan fingerprint density at radius 3 is 2.65 bits per heavy atom. The van der Waals surface area contributed by atoms with Crippen LogP contribution in [0.15, 0.2) is 4.42 Å². The van der Waals surface area contributed by atoms with Crippen LogP contribution in [0.1, 0.15) is 57.7 Å². The molecular weight excluding hydrogens is 214 g/mol. The molecule has 1 aromatic heterocycles. The molecule has 1 fully saturated rings. The molecule has 0 aromatic carbocycles. The summed E-state index contributed by atoms with van der Waals surface area (Å²) in [5.74, 6) is 2.40. The Hall–Kier alpha value is -0.900. The summed E-state index contributed by atoms with van der Waals surface area (Å²) in [7, 11) is 0. The minimum atomic E-state index is 0.448. The Morgan fingerprint density at radius 1 is 1.24 bits per heavy atom. The van der Waals surface area contributed by atoms with E-state index in [2.05, 4.69) is 29.4 Å². The van der Waals surface area contributed by atoms with Gasteiger partial charge in [0.1, 0.15) is 0 Å². The maximum Gasteiger partial charge on any atom is 0.230 e. The van der Waals surface area contributed by atoms with Crippen molar-refractivity contribution in [1.82, 2.24) is 15.5 Å². The van der Waals surface area contributed by atoms with E-state index in [-0.39, 0.29) is 0 Å². The Kier molecular flexibility index (Phi) is 4.54. The average Bonchev–Trinajstić information content (AvgIpc) is 2.95. The van der Waals surface area contributed by atoms with Gasteiger partial charge in [0.05, 0.1) is 6.54 Å². The van der Waals surface area contributed by atoms with Crippen LogP contribution in [-0.4, -0.2) is 16.2 Å². The molecule has 1 aliphatic rings. The minimum absolute atomic E-state index is 0.448. The highest BCUT2D eigenvalue weighted by atomic mass is 16.4. The molecule has 1 aliphatic carbocycles. The van der Waals surface area contributed by atoms with E-state index in [1.165, 1.54) is 32.1 Å². The lowest BCUT2D eigenvalue weighted by Gasteiger charge is -2.05. The van der Waals surface area contributed by atoms with Crippen molar-refractivity contribution in [2.45, 2.75) is 65.0 Å². The SMILES string of the molecule is CC(C)NCc1nnc(CCC2CCCC2)o1. The van der Waals surface area contributed by atoms with E-state index in [0.29, 0.717) is 18.5 Å². The molecule has 0 atom stereocenters. The van der Waals surface area contributed by atoms with Gasteiger partial charge in [0.15, 0.2) is 0 Å². The van der Waals surface area contributed by atoms with Gasteiger partial charge in [-0.15, -0.1) is 10.2 Å². The number of rotatable bonds is 6. The first kappa shape index (κ1) is 12.6. The van der Waals surface area contributed by atoms with E-state index < -0.39 is 0 Å². The molecule has 1 saturated carbocycles. The van der Waals surface area contributed by atoms with Gasteiger partial charge < -0.3 is 9.73 Å². The van der Waals surface area contributed by atoms with E-state index in [1.807, 2.05) is 0 Å². The van der Waals surface area contributed by atoms with Crippen molar-refractivity contribution in [3.63, 3.8) is 0 Å². The summed E-state index contributed by atoms with van der Waals surface area (Å²) in [6, 6.07) is 0.448. The van der Waals surface area contributed by atoms with Crippen molar-refractivity contribution in [1.29, 1.82) is 0 Å². The van der Waals surface area contributed by atoms with Gasteiger partial charge in [-0.05, 0) is 12.3 Å². The van der Waals surface area contributed by atoms with Crippen LogP contribution in [0.5, 0.6) is 0 Å². The smallest absolute Gasteiger partial charge is 0.230 e. The highest BCUT2D eigenvalue weighted by Crippen LogP contribution is 2.28. The molecule has 1 aromatic rings. The van der Waals surface area contributed by atoms with Crippen LogP contribution in [-0.2, 0) is 13.0 Å². The van der Waals surface area contributed by atoms with Crippen molar-refractivity contribution in [3.8, 4) is 0 Å². The summed E-state index contributed by atoms with van der Waals surface area (Å²) >= 11 is 0. The largest absolute Gasteiger partial charge is 0.424 e. The van der Waals surface area contributed by atoms with E-state index in [0.717, 1.165) is 18.2 Å². The molecule has 1 N–H and O–H groups in total. The lowest BCUT2D eigenvalue weighted by Crippen LogP contribution is -2.21. The number of hydrogen-bond acceptors (Lipinski definition) is 4. The first-order chi connectivity index (χ1) is 8.24. The number of aromatic nitrogens is 2. The number of nitrogens with zero attached hydrogens (tertiary/aromatic N) is 2. The van der Waals surface area contributed by atoms with Crippen LogP contribution in [0.25, 0.3) is 0 Å². The summed E-state index contributed by atoms with van der Waals surface area (Å²) in [6.07, 6.45) is 7.72.